The lowest BCUT2D eigenvalue weighted by molar-refractivity contribution is -0.151. The summed E-state index contributed by atoms with van der Waals surface area (Å²) in [6.45, 7) is 3.54. The van der Waals surface area contributed by atoms with E-state index in [0.717, 1.165) is 0 Å². The highest BCUT2D eigenvalue weighted by atomic mass is 16.3. The number of nitrogens with zero attached hydrogens (tertiary/aromatic N) is 1. The van der Waals surface area contributed by atoms with Gasteiger partial charge in [-0.05, 0) is 0 Å². The van der Waals surface area contributed by atoms with Gasteiger partial charge in [-0.2, -0.15) is 0 Å². The number of guanidine groups is 1. The maximum atomic E-state index is 11.5. The van der Waals surface area contributed by atoms with Crippen molar-refractivity contribution >= 4 is 11.7 Å². The van der Waals surface area contributed by atoms with Gasteiger partial charge < -0.3 is 16.6 Å². The first-order valence-corrected chi connectivity index (χ1v) is 4.70. The summed E-state index contributed by atoms with van der Waals surface area (Å²) in [6, 6.07) is -0.104. The highest BCUT2D eigenvalue weighted by Crippen LogP contribution is 2.36. The van der Waals surface area contributed by atoms with Crippen LogP contribution in [0.1, 0.15) is 26.7 Å². The minimum atomic E-state index is -1.20. The molecule has 80 valence electrons. The summed E-state index contributed by atoms with van der Waals surface area (Å²) in [4.78, 5) is 15.4. The number of carbonyl (C=O) groups is 1. The van der Waals surface area contributed by atoms with Gasteiger partial charge >= 0.3 is 0 Å². The Morgan fingerprint density at radius 1 is 1.50 bits per heavy atom. The van der Waals surface area contributed by atoms with Crippen molar-refractivity contribution in [1.29, 1.82) is 0 Å². The Morgan fingerprint density at radius 3 is 2.36 bits per heavy atom. The van der Waals surface area contributed by atoms with E-state index in [0.29, 0.717) is 12.8 Å². The molecule has 1 aliphatic rings. The normalized spacial score (nSPS) is 31.0. The predicted octanol–water partition coefficient (Wildman–Crippen LogP) is -0.622. The predicted molar refractivity (Wildman–Crippen MR) is 53.6 cm³/mol. The van der Waals surface area contributed by atoms with Crippen molar-refractivity contribution in [3.63, 3.8) is 0 Å². The van der Waals surface area contributed by atoms with Gasteiger partial charge in [-0.15, -0.1) is 0 Å². The maximum absolute atomic E-state index is 11.5. The van der Waals surface area contributed by atoms with Gasteiger partial charge in [0.15, 0.2) is 11.7 Å². The molecule has 0 saturated heterocycles. The molecule has 0 aromatic heterocycles. The third-order valence-electron chi connectivity index (χ3n) is 2.46. The Hall–Kier alpha value is -1.10. The lowest BCUT2D eigenvalue weighted by Crippen LogP contribution is -2.54. The molecule has 14 heavy (non-hydrogen) atoms. The third-order valence-corrected chi connectivity index (χ3v) is 2.46. The zero-order chi connectivity index (χ0) is 10.9. The molecule has 1 saturated carbocycles. The number of hydrogen-bond donors (Lipinski definition) is 3. The van der Waals surface area contributed by atoms with Crippen LogP contribution in [0.4, 0.5) is 0 Å². The largest absolute Gasteiger partial charge is 0.382 e. The summed E-state index contributed by atoms with van der Waals surface area (Å²) in [5.74, 6) is -0.270. The van der Waals surface area contributed by atoms with Crippen molar-refractivity contribution < 1.29 is 9.90 Å². The lowest BCUT2D eigenvalue weighted by atomic mass is 9.71. The maximum Gasteiger partial charge on any atom is 0.186 e. The summed E-state index contributed by atoms with van der Waals surface area (Å²) in [7, 11) is 0. The van der Waals surface area contributed by atoms with E-state index in [2.05, 4.69) is 4.99 Å². The van der Waals surface area contributed by atoms with E-state index in [4.69, 9.17) is 11.5 Å². The monoisotopic (exact) mass is 199 g/mol. The zero-order valence-electron chi connectivity index (χ0n) is 8.53. The summed E-state index contributed by atoms with van der Waals surface area (Å²) < 4.78 is 0. The third kappa shape index (κ3) is 2.04. The van der Waals surface area contributed by atoms with E-state index >= 15 is 0 Å². The molecular weight excluding hydrogens is 182 g/mol. The van der Waals surface area contributed by atoms with Crippen LogP contribution >= 0.6 is 0 Å². The van der Waals surface area contributed by atoms with Gasteiger partial charge in [0.25, 0.3) is 0 Å². The number of Topliss-reactive ketones (excluding diaryl/α,β-unsaturated/α-hetero) is 1. The minimum absolute atomic E-state index is 0.00838. The second kappa shape index (κ2) is 3.57. The lowest BCUT2D eigenvalue weighted by Gasteiger charge is -2.41. The standard InChI is InChI=1S/C9H17N3O2/c1-5(2)7(13)9(14)3-6(4-9)12-8(10)11/h5-6,14H,3-4H2,1-2H3,(H4,10,11,12). The molecule has 1 aliphatic carbocycles. The van der Waals surface area contributed by atoms with Crippen LogP contribution < -0.4 is 11.5 Å². The second-order valence-electron chi connectivity index (χ2n) is 4.17. The van der Waals surface area contributed by atoms with Crippen molar-refractivity contribution in [2.24, 2.45) is 22.4 Å². The van der Waals surface area contributed by atoms with Gasteiger partial charge in [0.2, 0.25) is 0 Å². The Balaban J connectivity index is 2.53. The highest BCUT2D eigenvalue weighted by molar-refractivity contribution is 5.90. The Kier molecular flexibility index (Phi) is 2.80. The van der Waals surface area contributed by atoms with Crippen molar-refractivity contribution in [1.82, 2.24) is 0 Å². The van der Waals surface area contributed by atoms with Crippen LogP contribution in [0.25, 0.3) is 0 Å². The fourth-order valence-electron chi connectivity index (χ4n) is 1.76. The first kappa shape index (κ1) is 11.0. The quantitative estimate of drug-likeness (QED) is 0.416. The van der Waals surface area contributed by atoms with E-state index < -0.39 is 5.60 Å². The number of carbonyl (C=O) groups excluding carboxylic acids is 1. The van der Waals surface area contributed by atoms with E-state index in [9.17, 15) is 9.90 Å². The van der Waals surface area contributed by atoms with Crippen LogP contribution in [0.5, 0.6) is 0 Å². The van der Waals surface area contributed by atoms with E-state index in [-0.39, 0.29) is 23.7 Å². The average Bonchev–Trinajstić information content (AvgIpc) is 1.98. The molecule has 0 aromatic rings. The van der Waals surface area contributed by atoms with Crippen LogP contribution in [0.2, 0.25) is 0 Å². The molecule has 5 N–H and O–H groups in total. The minimum Gasteiger partial charge on any atom is -0.382 e. The summed E-state index contributed by atoms with van der Waals surface area (Å²) in [5.41, 5.74) is 9.18. The summed E-state index contributed by atoms with van der Waals surface area (Å²) in [5, 5.41) is 9.83. The molecule has 1 rings (SSSR count). The molecular formula is C9H17N3O2. The van der Waals surface area contributed by atoms with E-state index in [1.807, 2.05) is 0 Å². The Morgan fingerprint density at radius 2 is 2.00 bits per heavy atom. The van der Waals surface area contributed by atoms with E-state index in [1.54, 1.807) is 13.8 Å². The summed E-state index contributed by atoms with van der Waals surface area (Å²) >= 11 is 0. The average molecular weight is 199 g/mol. The molecule has 0 aromatic carbocycles. The number of rotatable bonds is 3. The molecule has 0 amide bonds. The molecule has 0 radical (unpaired) electrons. The molecule has 0 aliphatic heterocycles. The van der Waals surface area contributed by atoms with Gasteiger partial charge in [-0.25, -0.2) is 0 Å². The zero-order valence-corrected chi connectivity index (χ0v) is 8.53. The van der Waals surface area contributed by atoms with Gasteiger partial charge in [0.05, 0.1) is 6.04 Å². The highest BCUT2D eigenvalue weighted by Gasteiger charge is 2.49. The fraction of sp³-hybridized carbons (Fsp3) is 0.778. The van der Waals surface area contributed by atoms with Crippen molar-refractivity contribution in [3.05, 3.63) is 0 Å². The number of nitrogens with two attached hydrogens (primary N) is 2. The molecule has 0 heterocycles. The molecule has 5 heteroatoms. The van der Waals surface area contributed by atoms with E-state index in [1.165, 1.54) is 0 Å². The fourth-order valence-corrected chi connectivity index (χ4v) is 1.76. The smallest absolute Gasteiger partial charge is 0.186 e. The number of ketones is 1. The van der Waals surface area contributed by atoms with Gasteiger partial charge in [0, 0.05) is 18.8 Å². The molecule has 0 spiro atoms. The van der Waals surface area contributed by atoms with Crippen molar-refractivity contribution in [3.8, 4) is 0 Å². The number of aliphatic hydroxyl groups is 1. The molecule has 5 nitrogen and oxygen atoms in total. The topological polar surface area (TPSA) is 102 Å². The first-order chi connectivity index (χ1) is 6.35. The Labute approximate surface area is 83.2 Å². The molecule has 0 bridgehead atoms. The molecule has 1 fully saturated rings. The van der Waals surface area contributed by atoms with Crippen LogP contribution in [0.3, 0.4) is 0 Å². The van der Waals surface area contributed by atoms with Gasteiger partial charge in [0.1, 0.15) is 5.60 Å². The first-order valence-electron chi connectivity index (χ1n) is 4.70. The van der Waals surface area contributed by atoms with Crippen LogP contribution in [-0.2, 0) is 4.79 Å². The van der Waals surface area contributed by atoms with Crippen molar-refractivity contribution in [2.75, 3.05) is 0 Å². The van der Waals surface area contributed by atoms with Crippen LogP contribution in [0, 0.1) is 5.92 Å². The van der Waals surface area contributed by atoms with Gasteiger partial charge in [-0.1, -0.05) is 13.8 Å². The SMILES string of the molecule is CC(C)C(=O)C1(O)CC(N=C(N)N)C1. The second-order valence-corrected chi connectivity index (χ2v) is 4.17. The van der Waals surface area contributed by atoms with Crippen molar-refractivity contribution in [2.45, 2.75) is 38.3 Å². The van der Waals surface area contributed by atoms with Crippen LogP contribution in [-0.4, -0.2) is 28.5 Å². The Bertz CT molecular complexity index is 263. The summed E-state index contributed by atoms with van der Waals surface area (Å²) in [6.07, 6.45) is 0.670. The van der Waals surface area contributed by atoms with Gasteiger partial charge in [-0.3, -0.25) is 9.79 Å². The molecule has 0 unspecified atom stereocenters. The number of aliphatic imine (C=N–C) groups is 1. The van der Waals surface area contributed by atoms with Crippen LogP contribution in [0.15, 0.2) is 4.99 Å². The number of hydrogen-bond acceptors (Lipinski definition) is 3. The molecule has 0 atom stereocenters.